The van der Waals surface area contributed by atoms with Gasteiger partial charge in [0.05, 0.1) is 21.5 Å². The van der Waals surface area contributed by atoms with Crippen molar-refractivity contribution in [2.75, 3.05) is 4.90 Å². The fourth-order valence-corrected chi connectivity index (χ4v) is 7.62. The fourth-order valence-electron chi connectivity index (χ4n) is 7.62. The molecule has 0 bridgehead atoms. The molecule has 1 aromatic heterocycles. The highest BCUT2D eigenvalue weighted by Gasteiger charge is 2.43. The lowest BCUT2D eigenvalue weighted by molar-refractivity contribution is -0.385. The molecule has 1 fully saturated rings. The van der Waals surface area contributed by atoms with E-state index in [9.17, 15) is 34.1 Å². The number of nitro benzene ring substituents is 1. The summed E-state index contributed by atoms with van der Waals surface area (Å²) in [5.41, 5.74) is 1.93. The lowest BCUT2D eigenvalue weighted by atomic mass is 9.76. The summed E-state index contributed by atoms with van der Waals surface area (Å²) in [6.45, 7) is 3.01. The summed E-state index contributed by atoms with van der Waals surface area (Å²) in [5.74, 6) is -3.61. The quantitative estimate of drug-likeness (QED) is 0.106. The van der Waals surface area contributed by atoms with E-state index in [1.165, 1.54) is 55.7 Å². The van der Waals surface area contributed by atoms with Gasteiger partial charge in [0.2, 0.25) is 0 Å². The standard InChI is InChI=1S/C36H26N4O7/c1-16-15-25(40(46)47)17(2)26-30(16)37-33(38-34(26)43)29-31(41)21-11-13-23-28-24(14-12-22(27(21)28)32(29)42)36(45)39(35(23)44)20-9-7-19(8-10-20)18-5-3-4-6-18/h7-15,18,29H,3-6H2,1-2H3,(H,37,38,43). The molecular weight excluding hydrogens is 600 g/mol. The molecule has 2 heterocycles. The average Bonchev–Trinajstić information content (AvgIpc) is 3.60. The van der Waals surface area contributed by atoms with Crippen molar-refractivity contribution in [1.29, 1.82) is 0 Å². The smallest absolute Gasteiger partial charge is 0.273 e. The highest BCUT2D eigenvalue weighted by molar-refractivity contribution is 6.40. The summed E-state index contributed by atoms with van der Waals surface area (Å²) in [5, 5.41) is 12.0. The lowest BCUT2D eigenvalue weighted by Gasteiger charge is -2.30. The minimum absolute atomic E-state index is 0.00448. The first kappa shape index (κ1) is 28.6. The number of carbonyl (C=O) groups is 4. The van der Waals surface area contributed by atoms with Gasteiger partial charge in [-0.05, 0) is 80.1 Å². The second kappa shape index (κ2) is 10.1. The van der Waals surface area contributed by atoms with Crippen LogP contribution < -0.4 is 10.5 Å². The maximum atomic E-state index is 14.0. The Bertz CT molecular complexity index is 2300. The zero-order valence-electron chi connectivity index (χ0n) is 25.4. The van der Waals surface area contributed by atoms with Crippen molar-refractivity contribution in [3.63, 3.8) is 0 Å². The van der Waals surface area contributed by atoms with Crippen molar-refractivity contribution < 1.29 is 24.1 Å². The number of H-pyrrole nitrogens is 1. The third-order valence-corrected chi connectivity index (χ3v) is 9.95. The molecule has 4 aromatic carbocycles. The molecule has 2 aliphatic carbocycles. The Morgan fingerprint density at radius 2 is 1.34 bits per heavy atom. The zero-order chi connectivity index (χ0) is 32.9. The molecule has 5 aromatic rings. The number of rotatable bonds is 4. The second-order valence-corrected chi connectivity index (χ2v) is 12.5. The monoisotopic (exact) mass is 626 g/mol. The van der Waals surface area contributed by atoms with Crippen LogP contribution >= 0.6 is 0 Å². The number of aromatic nitrogens is 2. The SMILES string of the molecule is Cc1cc([N+](=O)[O-])c(C)c2c(=O)[nH]c(C3C(=O)c4ccc5c6c(ccc(c46)C3=O)C(=O)N(c3ccc(C4CCCC4)cc3)C5=O)nc12. The van der Waals surface area contributed by atoms with Crippen molar-refractivity contribution in [1.82, 2.24) is 9.97 Å². The number of aryl methyl sites for hydroxylation is 2. The van der Waals surface area contributed by atoms with Gasteiger partial charge in [0.1, 0.15) is 11.7 Å². The van der Waals surface area contributed by atoms with Crippen molar-refractivity contribution in [2.24, 2.45) is 0 Å². The number of carbonyl (C=O) groups excluding carboxylic acids is 4. The van der Waals surface area contributed by atoms with Crippen LogP contribution in [0.2, 0.25) is 0 Å². The molecule has 11 heteroatoms. The molecule has 0 atom stereocenters. The summed E-state index contributed by atoms with van der Waals surface area (Å²) >= 11 is 0. The summed E-state index contributed by atoms with van der Waals surface area (Å²) in [4.78, 5) is 88.1. The first-order chi connectivity index (χ1) is 22.6. The van der Waals surface area contributed by atoms with Crippen LogP contribution in [0.4, 0.5) is 11.4 Å². The van der Waals surface area contributed by atoms with Crippen LogP contribution in [0.5, 0.6) is 0 Å². The minimum atomic E-state index is -1.50. The van der Waals surface area contributed by atoms with Gasteiger partial charge in [-0.3, -0.25) is 34.1 Å². The number of imide groups is 1. The molecule has 0 unspecified atom stereocenters. The fraction of sp³-hybridized carbons (Fsp3) is 0.222. The Kier molecular flexibility index (Phi) is 6.14. The van der Waals surface area contributed by atoms with Crippen LogP contribution in [0.3, 0.4) is 0 Å². The molecule has 0 spiro atoms. The number of nitrogens with one attached hydrogen (secondary N) is 1. The van der Waals surface area contributed by atoms with E-state index in [0.29, 0.717) is 17.2 Å². The van der Waals surface area contributed by atoms with Gasteiger partial charge in [-0.25, -0.2) is 9.88 Å². The number of benzene rings is 4. The van der Waals surface area contributed by atoms with Gasteiger partial charge in [-0.15, -0.1) is 0 Å². The highest BCUT2D eigenvalue weighted by Crippen LogP contribution is 2.42. The number of nitrogens with zero attached hydrogens (tertiary/aromatic N) is 3. The number of ketones is 2. The van der Waals surface area contributed by atoms with Crippen LogP contribution in [-0.4, -0.2) is 38.3 Å². The molecule has 0 saturated heterocycles. The van der Waals surface area contributed by atoms with E-state index < -0.39 is 39.8 Å². The predicted octanol–water partition coefficient (Wildman–Crippen LogP) is 6.22. The normalized spacial score (nSPS) is 16.6. The first-order valence-corrected chi connectivity index (χ1v) is 15.4. The number of anilines is 1. The van der Waals surface area contributed by atoms with Crippen LogP contribution in [0.25, 0.3) is 21.7 Å². The number of Topliss-reactive ketones (excluding diaryl/α,β-unsaturated/α-hetero) is 2. The predicted molar refractivity (Wildman–Crippen MR) is 173 cm³/mol. The van der Waals surface area contributed by atoms with Crippen molar-refractivity contribution in [3.05, 3.63) is 120 Å². The Balaban J connectivity index is 1.22. The first-order valence-electron chi connectivity index (χ1n) is 15.4. The minimum Gasteiger partial charge on any atom is -0.309 e. The molecule has 1 N–H and O–H groups in total. The van der Waals surface area contributed by atoms with E-state index >= 15 is 0 Å². The summed E-state index contributed by atoms with van der Waals surface area (Å²) in [6, 6.07) is 14.7. The number of aromatic amines is 1. The van der Waals surface area contributed by atoms with Gasteiger partial charge < -0.3 is 4.98 Å². The zero-order valence-corrected chi connectivity index (χ0v) is 25.4. The molecule has 1 aliphatic heterocycles. The van der Waals surface area contributed by atoms with Crippen LogP contribution in [0.1, 0.15) is 101 Å². The van der Waals surface area contributed by atoms with Gasteiger partial charge in [0, 0.05) is 44.7 Å². The largest absolute Gasteiger partial charge is 0.309 e. The maximum absolute atomic E-state index is 14.0. The molecule has 2 amide bonds. The summed E-state index contributed by atoms with van der Waals surface area (Å²) in [7, 11) is 0. The average molecular weight is 627 g/mol. The van der Waals surface area contributed by atoms with E-state index in [4.69, 9.17) is 0 Å². The lowest BCUT2D eigenvalue weighted by Crippen LogP contribution is -2.41. The number of hydrogen-bond donors (Lipinski definition) is 1. The van der Waals surface area contributed by atoms with Crippen LogP contribution in [0.15, 0.2) is 59.4 Å². The summed E-state index contributed by atoms with van der Waals surface area (Å²) in [6.07, 6.45) is 4.62. The molecular formula is C36H26N4O7. The molecule has 11 nitrogen and oxygen atoms in total. The van der Waals surface area contributed by atoms with Crippen molar-refractivity contribution in [3.8, 4) is 0 Å². The van der Waals surface area contributed by atoms with E-state index in [2.05, 4.69) is 9.97 Å². The number of hydrogen-bond acceptors (Lipinski definition) is 8. The van der Waals surface area contributed by atoms with Gasteiger partial charge in [0.25, 0.3) is 23.1 Å². The highest BCUT2D eigenvalue weighted by atomic mass is 16.6. The Morgan fingerprint density at radius 1 is 0.787 bits per heavy atom. The van der Waals surface area contributed by atoms with E-state index in [-0.39, 0.29) is 61.0 Å². The number of amides is 2. The van der Waals surface area contributed by atoms with Crippen LogP contribution in [0, 0.1) is 24.0 Å². The molecule has 8 rings (SSSR count). The topological polar surface area (TPSA) is 160 Å². The molecule has 3 aliphatic rings. The summed E-state index contributed by atoms with van der Waals surface area (Å²) < 4.78 is 0. The Hall–Kier alpha value is -5.84. The van der Waals surface area contributed by atoms with Crippen molar-refractivity contribution >= 4 is 56.4 Å². The molecule has 232 valence electrons. The van der Waals surface area contributed by atoms with Gasteiger partial charge in [-0.1, -0.05) is 25.0 Å². The van der Waals surface area contributed by atoms with Gasteiger partial charge in [0.15, 0.2) is 11.6 Å². The number of fused-ring (bicyclic) bond motifs is 1. The van der Waals surface area contributed by atoms with Crippen LogP contribution in [-0.2, 0) is 0 Å². The van der Waals surface area contributed by atoms with E-state index in [1.54, 1.807) is 19.1 Å². The molecule has 47 heavy (non-hydrogen) atoms. The van der Waals surface area contributed by atoms with E-state index in [1.807, 2.05) is 12.1 Å². The third-order valence-electron chi connectivity index (χ3n) is 9.95. The molecule has 1 saturated carbocycles. The third kappa shape index (κ3) is 3.98. The number of nitro groups is 1. The second-order valence-electron chi connectivity index (χ2n) is 12.5. The maximum Gasteiger partial charge on any atom is 0.273 e. The van der Waals surface area contributed by atoms with Gasteiger partial charge in [-0.2, -0.15) is 0 Å². The molecule has 0 radical (unpaired) electrons. The Labute approximate surface area is 266 Å². The van der Waals surface area contributed by atoms with Gasteiger partial charge >= 0.3 is 0 Å². The van der Waals surface area contributed by atoms with E-state index in [0.717, 1.165) is 17.7 Å². The van der Waals surface area contributed by atoms with Crippen molar-refractivity contribution in [2.45, 2.75) is 51.4 Å². The Morgan fingerprint density at radius 3 is 1.91 bits per heavy atom.